The fraction of sp³-hybridized carbons (Fsp3) is 0.125. The molecule has 0 unspecified atom stereocenters. The Morgan fingerprint density at radius 2 is 1.34 bits per heavy atom. The summed E-state index contributed by atoms with van der Waals surface area (Å²) in [6, 6.07) is 30.0. The third kappa shape index (κ3) is 4.96. The Hall–Kier alpha value is -3.73. The maximum Gasteiger partial charge on any atom is 0.322 e. The Bertz CT molecular complexity index is 1010. The van der Waals surface area contributed by atoms with Gasteiger partial charge in [0.2, 0.25) is 11.8 Å². The van der Waals surface area contributed by atoms with Gasteiger partial charge >= 0.3 is 6.01 Å². The molecular formula is C24H21N3O2. The number of nitrogens with one attached hydrogen (secondary N) is 1. The summed E-state index contributed by atoms with van der Waals surface area (Å²) in [5, 5.41) is 10.7. The highest BCUT2D eigenvalue weighted by molar-refractivity contribution is 5.89. The molecule has 0 radical (unpaired) electrons. The highest BCUT2D eigenvalue weighted by Crippen LogP contribution is 2.28. The first-order valence-corrected chi connectivity index (χ1v) is 9.54. The smallest absolute Gasteiger partial charge is 0.322 e. The third-order valence-corrected chi connectivity index (χ3v) is 4.70. The average Bonchev–Trinajstić information content (AvgIpc) is 3.20. The second-order valence-corrected chi connectivity index (χ2v) is 6.79. The van der Waals surface area contributed by atoms with Crippen LogP contribution in [0.1, 0.15) is 34.9 Å². The summed E-state index contributed by atoms with van der Waals surface area (Å²) in [6.45, 7) is 0. The van der Waals surface area contributed by atoms with E-state index in [1.807, 2.05) is 91.0 Å². The van der Waals surface area contributed by atoms with Crippen molar-refractivity contribution in [3.05, 3.63) is 114 Å². The van der Waals surface area contributed by atoms with Crippen molar-refractivity contribution in [2.45, 2.75) is 18.8 Å². The van der Waals surface area contributed by atoms with E-state index in [9.17, 15) is 4.79 Å². The Kier molecular flexibility index (Phi) is 5.76. The van der Waals surface area contributed by atoms with Gasteiger partial charge in [0.1, 0.15) is 0 Å². The van der Waals surface area contributed by atoms with Crippen LogP contribution in [0.3, 0.4) is 0 Å². The number of aromatic nitrogens is 2. The highest BCUT2D eigenvalue weighted by Gasteiger charge is 2.19. The van der Waals surface area contributed by atoms with Crippen LogP contribution in [0.4, 0.5) is 6.01 Å². The van der Waals surface area contributed by atoms with Crippen LogP contribution in [0.5, 0.6) is 0 Å². The molecule has 1 aromatic heterocycles. The molecule has 3 aromatic carbocycles. The predicted molar refractivity (Wildman–Crippen MR) is 112 cm³/mol. The number of hydrogen-bond donors (Lipinski definition) is 1. The molecule has 0 aliphatic heterocycles. The van der Waals surface area contributed by atoms with E-state index in [0.29, 0.717) is 12.3 Å². The van der Waals surface area contributed by atoms with E-state index >= 15 is 0 Å². The van der Waals surface area contributed by atoms with E-state index in [1.165, 1.54) is 0 Å². The Morgan fingerprint density at radius 1 is 0.793 bits per heavy atom. The lowest BCUT2D eigenvalue weighted by Crippen LogP contribution is -2.16. The van der Waals surface area contributed by atoms with Gasteiger partial charge in [0.15, 0.2) is 0 Å². The molecule has 144 valence electrons. The molecule has 0 saturated carbocycles. The molecule has 4 rings (SSSR count). The molecule has 5 heteroatoms. The molecule has 0 aliphatic rings. The Labute approximate surface area is 169 Å². The van der Waals surface area contributed by atoms with Crippen molar-refractivity contribution in [3.8, 4) is 0 Å². The number of carbonyl (C=O) groups excluding carboxylic acids is 1. The fourth-order valence-corrected chi connectivity index (χ4v) is 3.30. The van der Waals surface area contributed by atoms with Crippen LogP contribution in [-0.4, -0.2) is 16.1 Å². The molecule has 0 atom stereocenters. The summed E-state index contributed by atoms with van der Waals surface area (Å²) >= 11 is 0. The van der Waals surface area contributed by atoms with Gasteiger partial charge < -0.3 is 4.42 Å². The van der Waals surface area contributed by atoms with E-state index in [1.54, 1.807) is 0 Å². The third-order valence-electron chi connectivity index (χ3n) is 4.70. The number of carbonyl (C=O) groups is 1. The van der Waals surface area contributed by atoms with E-state index in [2.05, 4.69) is 15.5 Å². The van der Waals surface area contributed by atoms with Gasteiger partial charge in [-0.3, -0.25) is 10.1 Å². The molecule has 29 heavy (non-hydrogen) atoms. The van der Waals surface area contributed by atoms with Crippen molar-refractivity contribution >= 4 is 11.9 Å². The van der Waals surface area contributed by atoms with Crippen LogP contribution < -0.4 is 5.32 Å². The van der Waals surface area contributed by atoms with Crippen LogP contribution in [-0.2, 0) is 11.2 Å². The van der Waals surface area contributed by atoms with Gasteiger partial charge in [-0.05, 0) is 16.7 Å². The van der Waals surface area contributed by atoms with E-state index in [4.69, 9.17) is 4.42 Å². The van der Waals surface area contributed by atoms with E-state index in [-0.39, 0.29) is 24.3 Å². The summed E-state index contributed by atoms with van der Waals surface area (Å²) in [6.07, 6.45) is 0.810. The molecule has 0 fully saturated rings. The second kappa shape index (κ2) is 8.97. The zero-order chi connectivity index (χ0) is 19.9. The van der Waals surface area contributed by atoms with Gasteiger partial charge in [0, 0.05) is 12.3 Å². The van der Waals surface area contributed by atoms with Gasteiger partial charge in [0.05, 0.1) is 6.42 Å². The van der Waals surface area contributed by atoms with Crippen LogP contribution in [0, 0.1) is 0 Å². The minimum atomic E-state index is -0.169. The zero-order valence-corrected chi connectivity index (χ0v) is 15.9. The maximum absolute atomic E-state index is 12.7. The second-order valence-electron chi connectivity index (χ2n) is 6.79. The molecule has 1 N–H and O–H groups in total. The molecule has 4 aromatic rings. The summed E-state index contributed by atoms with van der Waals surface area (Å²) in [5.74, 6) is 0.246. The van der Waals surface area contributed by atoms with Gasteiger partial charge in [-0.25, -0.2) is 0 Å². The van der Waals surface area contributed by atoms with Gasteiger partial charge in [0.25, 0.3) is 0 Å². The maximum atomic E-state index is 12.7. The monoisotopic (exact) mass is 383 g/mol. The number of amides is 1. The van der Waals surface area contributed by atoms with Crippen LogP contribution in [0.2, 0.25) is 0 Å². The van der Waals surface area contributed by atoms with Crippen molar-refractivity contribution in [2.75, 3.05) is 5.32 Å². The quantitative estimate of drug-likeness (QED) is 0.497. The zero-order valence-electron chi connectivity index (χ0n) is 15.9. The highest BCUT2D eigenvalue weighted by atomic mass is 16.4. The first-order valence-electron chi connectivity index (χ1n) is 9.54. The number of benzene rings is 3. The van der Waals surface area contributed by atoms with Gasteiger partial charge in [-0.15, -0.1) is 5.10 Å². The summed E-state index contributed by atoms with van der Waals surface area (Å²) < 4.78 is 5.60. The molecule has 5 nitrogen and oxygen atoms in total. The number of nitrogens with zero attached hydrogens (tertiary/aromatic N) is 2. The molecular weight excluding hydrogens is 362 g/mol. The van der Waals surface area contributed by atoms with E-state index < -0.39 is 0 Å². The molecule has 0 saturated heterocycles. The number of anilines is 1. The van der Waals surface area contributed by atoms with Gasteiger partial charge in [-0.1, -0.05) is 96.1 Å². The minimum Gasteiger partial charge on any atom is -0.407 e. The standard InChI is InChI=1S/C24H21N3O2/c28-22(25-24-27-26-23(29-24)16-18-10-4-1-5-11-18)17-21(19-12-6-2-7-13-19)20-14-8-3-9-15-20/h1-15,21H,16-17H2,(H,25,27,28). The lowest BCUT2D eigenvalue weighted by Gasteiger charge is -2.17. The largest absolute Gasteiger partial charge is 0.407 e. The van der Waals surface area contributed by atoms with Crippen LogP contribution in [0.25, 0.3) is 0 Å². The van der Waals surface area contributed by atoms with Gasteiger partial charge in [-0.2, -0.15) is 0 Å². The Balaban J connectivity index is 1.45. The number of hydrogen-bond acceptors (Lipinski definition) is 4. The van der Waals surface area contributed by atoms with Crippen molar-refractivity contribution in [3.63, 3.8) is 0 Å². The normalized spacial score (nSPS) is 10.8. The first kappa shape index (κ1) is 18.6. The summed E-state index contributed by atoms with van der Waals surface area (Å²) in [7, 11) is 0. The van der Waals surface area contributed by atoms with Crippen molar-refractivity contribution < 1.29 is 9.21 Å². The predicted octanol–water partition coefficient (Wildman–Crippen LogP) is 4.82. The molecule has 1 amide bonds. The minimum absolute atomic E-state index is 0.0517. The fourth-order valence-electron chi connectivity index (χ4n) is 3.30. The van der Waals surface area contributed by atoms with Crippen LogP contribution >= 0.6 is 0 Å². The summed E-state index contributed by atoms with van der Waals surface area (Å²) in [5.41, 5.74) is 3.25. The average molecular weight is 383 g/mol. The molecule has 0 bridgehead atoms. The molecule has 0 spiro atoms. The molecule has 1 heterocycles. The topological polar surface area (TPSA) is 68.0 Å². The lowest BCUT2D eigenvalue weighted by molar-refractivity contribution is -0.116. The SMILES string of the molecule is O=C(CC(c1ccccc1)c1ccccc1)Nc1nnc(Cc2ccccc2)o1. The van der Waals surface area contributed by atoms with Crippen molar-refractivity contribution in [1.82, 2.24) is 10.2 Å². The van der Waals surface area contributed by atoms with E-state index in [0.717, 1.165) is 16.7 Å². The molecule has 0 aliphatic carbocycles. The Morgan fingerprint density at radius 3 is 1.93 bits per heavy atom. The lowest BCUT2D eigenvalue weighted by atomic mass is 9.88. The van der Waals surface area contributed by atoms with Crippen LogP contribution in [0.15, 0.2) is 95.4 Å². The summed E-state index contributed by atoms with van der Waals surface area (Å²) in [4.78, 5) is 12.7. The van der Waals surface area contributed by atoms with Crippen molar-refractivity contribution in [2.24, 2.45) is 0 Å². The first-order chi connectivity index (χ1) is 14.3. The number of rotatable bonds is 7. The van der Waals surface area contributed by atoms with Crippen molar-refractivity contribution in [1.29, 1.82) is 0 Å².